The maximum absolute atomic E-state index is 13.3. The van der Waals surface area contributed by atoms with Gasteiger partial charge in [-0.1, -0.05) is 54.6 Å². The van der Waals surface area contributed by atoms with Gasteiger partial charge in [0.2, 0.25) is 5.91 Å². The molecule has 0 N–H and O–H groups in total. The molecule has 0 atom stereocenters. The SMILES string of the molecule is C=CCN(CC(=O)N(Cc1ccccc1)Cc1cccs1)C(=O)c1ccccc1OC. The van der Waals surface area contributed by atoms with Gasteiger partial charge in [0.05, 0.1) is 19.2 Å². The van der Waals surface area contributed by atoms with Crippen molar-refractivity contribution in [1.29, 1.82) is 0 Å². The normalized spacial score (nSPS) is 10.4. The number of benzene rings is 2. The van der Waals surface area contributed by atoms with Crippen LogP contribution in [-0.2, 0) is 17.9 Å². The van der Waals surface area contributed by atoms with Crippen molar-refractivity contribution in [2.75, 3.05) is 20.2 Å². The Bertz CT molecular complexity index is 1000. The standard InChI is InChI=1S/C25H26N2O3S/c1-3-15-26(25(29)22-13-7-8-14-23(22)30-2)19-24(28)27(18-21-12-9-16-31-21)17-20-10-5-4-6-11-20/h3-14,16H,1,15,17-19H2,2H3. The fourth-order valence-corrected chi connectivity index (χ4v) is 3.98. The van der Waals surface area contributed by atoms with Crippen LogP contribution < -0.4 is 4.74 Å². The van der Waals surface area contributed by atoms with Gasteiger partial charge >= 0.3 is 0 Å². The van der Waals surface area contributed by atoms with E-state index in [9.17, 15) is 9.59 Å². The fourth-order valence-electron chi connectivity index (χ4n) is 3.26. The summed E-state index contributed by atoms with van der Waals surface area (Å²) in [5.41, 5.74) is 1.46. The lowest BCUT2D eigenvalue weighted by Crippen LogP contribution is -2.42. The minimum absolute atomic E-state index is 0.0406. The first-order valence-corrected chi connectivity index (χ1v) is 10.9. The van der Waals surface area contributed by atoms with Gasteiger partial charge in [0.25, 0.3) is 5.91 Å². The first-order valence-electron chi connectivity index (χ1n) is 9.99. The minimum atomic E-state index is -0.263. The van der Waals surface area contributed by atoms with Crippen molar-refractivity contribution in [2.24, 2.45) is 0 Å². The molecule has 0 spiro atoms. The molecule has 0 aliphatic carbocycles. The van der Waals surface area contributed by atoms with Crippen molar-refractivity contribution >= 4 is 23.2 Å². The van der Waals surface area contributed by atoms with E-state index in [2.05, 4.69) is 6.58 Å². The van der Waals surface area contributed by atoms with Crippen LogP contribution in [0.1, 0.15) is 20.8 Å². The van der Waals surface area contributed by atoms with E-state index in [1.807, 2.05) is 47.8 Å². The van der Waals surface area contributed by atoms with Gasteiger partial charge in [-0.25, -0.2) is 0 Å². The Hall–Kier alpha value is -3.38. The largest absolute Gasteiger partial charge is 0.496 e. The molecule has 6 heteroatoms. The van der Waals surface area contributed by atoms with Crippen LogP contribution in [0.15, 0.2) is 84.8 Å². The lowest BCUT2D eigenvalue weighted by molar-refractivity contribution is -0.133. The molecule has 0 fully saturated rings. The highest BCUT2D eigenvalue weighted by atomic mass is 32.1. The lowest BCUT2D eigenvalue weighted by atomic mass is 10.1. The number of thiophene rings is 1. The van der Waals surface area contributed by atoms with Crippen LogP contribution in [0.3, 0.4) is 0 Å². The van der Waals surface area contributed by atoms with E-state index in [0.29, 0.717) is 24.4 Å². The molecule has 3 aromatic rings. The molecule has 160 valence electrons. The van der Waals surface area contributed by atoms with Crippen molar-refractivity contribution in [3.63, 3.8) is 0 Å². The first-order chi connectivity index (χ1) is 15.1. The second-order valence-electron chi connectivity index (χ2n) is 6.99. The summed E-state index contributed by atoms with van der Waals surface area (Å²) >= 11 is 1.61. The number of carbonyl (C=O) groups is 2. The van der Waals surface area contributed by atoms with Crippen molar-refractivity contribution in [3.8, 4) is 5.75 Å². The summed E-state index contributed by atoms with van der Waals surface area (Å²) in [6.07, 6.45) is 1.63. The molecule has 0 aliphatic rings. The van der Waals surface area contributed by atoms with Gasteiger partial charge < -0.3 is 14.5 Å². The highest BCUT2D eigenvalue weighted by Crippen LogP contribution is 2.20. The molecule has 0 saturated carbocycles. The second-order valence-corrected chi connectivity index (χ2v) is 8.02. The molecule has 0 unspecified atom stereocenters. The van der Waals surface area contributed by atoms with Gasteiger partial charge in [-0.2, -0.15) is 0 Å². The Labute approximate surface area is 187 Å². The number of carbonyl (C=O) groups excluding carboxylic acids is 2. The Balaban J connectivity index is 1.81. The number of amides is 2. The van der Waals surface area contributed by atoms with Crippen molar-refractivity contribution in [2.45, 2.75) is 13.1 Å². The Morgan fingerprint density at radius 3 is 2.39 bits per heavy atom. The smallest absolute Gasteiger partial charge is 0.258 e. The van der Waals surface area contributed by atoms with E-state index in [0.717, 1.165) is 10.4 Å². The van der Waals surface area contributed by atoms with Crippen LogP contribution in [0.5, 0.6) is 5.75 Å². The van der Waals surface area contributed by atoms with Crippen LogP contribution in [-0.4, -0.2) is 41.8 Å². The zero-order valence-corrected chi connectivity index (χ0v) is 18.4. The molecule has 31 heavy (non-hydrogen) atoms. The topological polar surface area (TPSA) is 49.9 Å². The van der Waals surface area contributed by atoms with Crippen molar-refractivity contribution in [3.05, 3.63) is 101 Å². The predicted octanol–water partition coefficient (Wildman–Crippen LogP) is 4.61. The predicted molar refractivity (Wildman–Crippen MR) is 124 cm³/mol. The van der Waals surface area contributed by atoms with Crippen LogP contribution >= 0.6 is 11.3 Å². The minimum Gasteiger partial charge on any atom is -0.496 e. The van der Waals surface area contributed by atoms with Crippen molar-refractivity contribution in [1.82, 2.24) is 9.80 Å². The Morgan fingerprint density at radius 2 is 1.71 bits per heavy atom. The average molecular weight is 435 g/mol. The molecule has 1 aromatic heterocycles. The number of methoxy groups -OCH3 is 1. The van der Waals surface area contributed by atoms with Gasteiger partial charge in [0.1, 0.15) is 12.3 Å². The molecule has 5 nitrogen and oxygen atoms in total. The zero-order chi connectivity index (χ0) is 22.1. The molecule has 0 saturated heterocycles. The van der Waals surface area contributed by atoms with Gasteiger partial charge in [-0.05, 0) is 29.1 Å². The van der Waals surface area contributed by atoms with Crippen LogP contribution in [0, 0.1) is 0 Å². The molecule has 0 radical (unpaired) electrons. The third-order valence-corrected chi connectivity index (χ3v) is 5.66. The van der Waals surface area contributed by atoms with Gasteiger partial charge in [-0.15, -0.1) is 17.9 Å². The highest BCUT2D eigenvalue weighted by molar-refractivity contribution is 7.09. The molecular weight excluding hydrogens is 408 g/mol. The number of ether oxygens (including phenoxy) is 1. The maximum atomic E-state index is 13.3. The number of nitrogens with zero attached hydrogens (tertiary/aromatic N) is 2. The van der Waals surface area contributed by atoms with E-state index in [1.165, 1.54) is 12.0 Å². The third kappa shape index (κ3) is 6.06. The Morgan fingerprint density at radius 1 is 0.968 bits per heavy atom. The van der Waals surface area contributed by atoms with Crippen LogP contribution in [0.4, 0.5) is 0 Å². The highest BCUT2D eigenvalue weighted by Gasteiger charge is 2.24. The lowest BCUT2D eigenvalue weighted by Gasteiger charge is -2.27. The summed E-state index contributed by atoms with van der Waals surface area (Å²) in [5.74, 6) is 0.0950. The quantitative estimate of drug-likeness (QED) is 0.438. The number of hydrogen-bond donors (Lipinski definition) is 0. The Kier molecular flexibility index (Phi) is 8.01. The van der Waals surface area contributed by atoms with Gasteiger partial charge in [0.15, 0.2) is 0 Å². The number of hydrogen-bond acceptors (Lipinski definition) is 4. The summed E-state index contributed by atoms with van der Waals surface area (Å²) in [6.45, 7) is 4.95. The van der Waals surface area contributed by atoms with Gasteiger partial charge in [0, 0.05) is 18.0 Å². The van der Waals surface area contributed by atoms with E-state index < -0.39 is 0 Å². The number of para-hydroxylation sites is 1. The summed E-state index contributed by atoms with van der Waals surface area (Å²) in [5, 5.41) is 2.00. The van der Waals surface area contributed by atoms with E-state index in [1.54, 1.807) is 46.6 Å². The average Bonchev–Trinajstić information content (AvgIpc) is 3.31. The maximum Gasteiger partial charge on any atom is 0.258 e. The molecule has 2 amide bonds. The fraction of sp³-hybridized carbons (Fsp3) is 0.200. The van der Waals surface area contributed by atoms with E-state index in [-0.39, 0.29) is 24.9 Å². The summed E-state index contributed by atoms with van der Waals surface area (Å²) in [7, 11) is 1.53. The first kappa shape index (κ1) is 22.3. The molecular formula is C25H26N2O3S. The summed E-state index contributed by atoms with van der Waals surface area (Å²) < 4.78 is 5.33. The third-order valence-electron chi connectivity index (χ3n) is 4.80. The second kappa shape index (κ2) is 11.1. The summed E-state index contributed by atoms with van der Waals surface area (Å²) in [6, 6.07) is 20.9. The van der Waals surface area contributed by atoms with Gasteiger partial charge in [-0.3, -0.25) is 9.59 Å². The molecule has 3 rings (SSSR count). The summed E-state index contributed by atoms with van der Waals surface area (Å²) in [4.78, 5) is 30.9. The monoisotopic (exact) mass is 434 g/mol. The number of rotatable bonds is 10. The molecule has 2 aromatic carbocycles. The van der Waals surface area contributed by atoms with Crippen LogP contribution in [0.2, 0.25) is 0 Å². The van der Waals surface area contributed by atoms with E-state index >= 15 is 0 Å². The molecule has 0 bridgehead atoms. The van der Waals surface area contributed by atoms with Crippen LogP contribution in [0.25, 0.3) is 0 Å². The molecule has 0 aliphatic heterocycles. The van der Waals surface area contributed by atoms with E-state index in [4.69, 9.17) is 4.74 Å². The zero-order valence-electron chi connectivity index (χ0n) is 17.6. The van der Waals surface area contributed by atoms with Crippen molar-refractivity contribution < 1.29 is 14.3 Å². The molecule has 1 heterocycles.